The first-order valence-corrected chi connectivity index (χ1v) is 7.60. The lowest BCUT2D eigenvalue weighted by molar-refractivity contribution is -0.133. The molecule has 5 heteroatoms. The third-order valence-electron chi connectivity index (χ3n) is 2.97. The lowest BCUT2D eigenvalue weighted by atomic mass is 10.1. The number of thioether (sulfide) groups is 1. The molecule has 0 bridgehead atoms. The molecule has 0 saturated carbocycles. The molecule has 4 nitrogen and oxygen atoms in total. The summed E-state index contributed by atoms with van der Waals surface area (Å²) in [7, 11) is 0. The second-order valence-corrected chi connectivity index (χ2v) is 5.44. The molecule has 0 spiro atoms. The van der Waals surface area contributed by atoms with Crippen LogP contribution in [0.4, 0.5) is 0 Å². The van der Waals surface area contributed by atoms with E-state index in [1.807, 2.05) is 19.1 Å². The van der Waals surface area contributed by atoms with Gasteiger partial charge in [0.25, 0.3) is 0 Å². The summed E-state index contributed by atoms with van der Waals surface area (Å²) in [4.78, 5) is 14.9. The molecule has 2 aromatic rings. The van der Waals surface area contributed by atoms with Crippen LogP contribution in [0.1, 0.15) is 23.9 Å². The number of benzene rings is 1. The van der Waals surface area contributed by atoms with Gasteiger partial charge in [-0.2, -0.15) is 0 Å². The molecule has 1 aromatic carbocycles. The number of hydrogen-bond donors (Lipinski definition) is 1. The number of aliphatic carboxylic acids is 1. The van der Waals surface area contributed by atoms with E-state index in [4.69, 9.17) is 9.52 Å². The molecule has 1 N–H and O–H groups in total. The SMILES string of the molecule is CCc1ccc(-c2nc(CSCC(=O)O)c(C)o2)cc1. The van der Waals surface area contributed by atoms with Gasteiger partial charge in [0.15, 0.2) is 0 Å². The quantitative estimate of drug-likeness (QED) is 0.882. The molecular formula is C15H17NO3S. The van der Waals surface area contributed by atoms with E-state index in [0.717, 1.165) is 23.4 Å². The summed E-state index contributed by atoms with van der Waals surface area (Å²) >= 11 is 1.32. The van der Waals surface area contributed by atoms with Crippen molar-refractivity contribution in [1.82, 2.24) is 4.98 Å². The minimum Gasteiger partial charge on any atom is -0.481 e. The Labute approximate surface area is 122 Å². The van der Waals surface area contributed by atoms with Gasteiger partial charge in [0.05, 0.1) is 11.4 Å². The smallest absolute Gasteiger partial charge is 0.313 e. The normalized spacial score (nSPS) is 10.7. The topological polar surface area (TPSA) is 63.3 Å². The van der Waals surface area contributed by atoms with E-state index in [9.17, 15) is 4.79 Å². The van der Waals surface area contributed by atoms with Gasteiger partial charge < -0.3 is 9.52 Å². The lowest BCUT2D eigenvalue weighted by Gasteiger charge is -1.98. The summed E-state index contributed by atoms with van der Waals surface area (Å²) in [5.41, 5.74) is 3.03. The average molecular weight is 291 g/mol. The van der Waals surface area contributed by atoms with Gasteiger partial charge in [-0.25, -0.2) is 4.98 Å². The van der Waals surface area contributed by atoms with Crippen molar-refractivity contribution in [2.45, 2.75) is 26.0 Å². The van der Waals surface area contributed by atoms with Gasteiger partial charge in [-0.3, -0.25) is 4.79 Å². The number of nitrogens with zero attached hydrogens (tertiary/aromatic N) is 1. The van der Waals surface area contributed by atoms with Crippen molar-refractivity contribution in [3.8, 4) is 11.5 Å². The van der Waals surface area contributed by atoms with Gasteiger partial charge in [0, 0.05) is 11.3 Å². The summed E-state index contributed by atoms with van der Waals surface area (Å²) in [6.45, 7) is 3.97. The average Bonchev–Trinajstić information content (AvgIpc) is 2.80. The molecule has 0 aliphatic rings. The molecule has 1 aromatic heterocycles. The van der Waals surface area contributed by atoms with Crippen LogP contribution < -0.4 is 0 Å². The van der Waals surface area contributed by atoms with Gasteiger partial charge in [0.2, 0.25) is 5.89 Å². The number of carboxylic acids is 1. The largest absolute Gasteiger partial charge is 0.481 e. The van der Waals surface area contributed by atoms with Crippen LogP contribution in [0.15, 0.2) is 28.7 Å². The number of aryl methyl sites for hydroxylation is 2. The zero-order valence-corrected chi connectivity index (χ0v) is 12.4. The molecule has 20 heavy (non-hydrogen) atoms. The minimum atomic E-state index is -0.813. The highest BCUT2D eigenvalue weighted by molar-refractivity contribution is 7.99. The number of oxazole rings is 1. The Balaban J connectivity index is 2.11. The summed E-state index contributed by atoms with van der Waals surface area (Å²) in [6.07, 6.45) is 1.00. The van der Waals surface area contributed by atoms with Gasteiger partial charge in [-0.1, -0.05) is 19.1 Å². The molecular weight excluding hydrogens is 274 g/mol. The number of aromatic nitrogens is 1. The number of carbonyl (C=O) groups is 1. The Morgan fingerprint density at radius 1 is 1.35 bits per heavy atom. The van der Waals surface area contributed by atoms with Crippen LogP contribution in [0.2, 0.25) is 0 Å². The standard InChI is InChI=1S/C15H17NO3S/c1-3-11-4-6-12(7-5-11)15-16-13(10(2)19-15)8-20-9-14(17)18/h4-7H,3,8-9H2,1-2H3,(H,17,18). The first kappa shape index (κ1) is 14.7. The highest BCUT2D eigenvalue weighted by Crippen LogP contribution is 2.24. The Hall–Kier alpha value is -1.75. The van der Waals surface area contributed by atoms with E-state index >= 15 is 0 Å². The van der Waals surface area contributed by atoms with Crippen LogP contribution in [0.3, 0.4) is 0 Å². The molecule has 1 heterocycles. The van der Waals surface area contributed by atoms with Gasteiger partial charge in [-0.05, 0) is 31.0 Å². The second kappa shape index (κ2) is 6.61. The van der Waals surface area contributed by atoms with E-state index in [-0.39, 0.29) is 5.75 Å². The first-order valence-electron chi connectivity index (χ1n) is 6.45. The molecule has 0 saturated heterocycles. The molecule has 0 aliphatic carbocycles. The third-order valence-corrected chi connectivity index (χ3v) is 3.89. The molecule has 0 unspecified atom stereocenters. The van der Waals surface area contributed by atoms with Crippen molar-refractivity contribution in [2.24, 2.45) is 0 Å². The third kappa shape index (κ3) is 3.63. The fraction of sp³-hybridized carbons (Fsp3) is 0.333. The van der Waals surface area contributed by atoms with Crippen LogP contribution in [-0.4, -0.2) is 21.8 Å². The van der Waals surface area contributed by atoms with Crippen LogP contribution in [0, 0.1) is 6.92 Å². The number of hydrogen-bond acceptors (Lipinski definition) is 4. The fourth-order valence-corrected chi connectivity index (χ4v) is 2.54. The molecule has 0 atom stereocenters. The monoisotopic (exact) mass is 291 g/mol. The zero-order valence-electron chi connectivity index (χ0n) is 11.5. The van der Waals surface area contributed by atoms with Crippen LogP contribution in [-0.2, 0) is 17.0 Å². The highest BCUT2D eigenvalue weighted by atomic mass is 32.2. The molecule has 2 rings (SSSR count). The van der Waals surface area contributed by atoms with E-state index in [2.05, 4.69) is 24.0 Å². The summed E-state index contributed by atoms with van der Waals surface area (Å²) in [5, 5.41) is 8.63. The Bertz CT molecular complexity index is 590. The Morgan fingerprint density at radius 2 is 2.05 bits per heavy atom. The van der Waals surface area contributed by atoms with Crippen LogP contribution in [0.25, 0.3) is 11.5 Å². The molecule has 0 radical (unpaired) electrons. The number of carboxylic acid groups (broad SMARTS) is 1. The summed E-state index contributed by atoms with van der Waals surface area (Å²) < 4.78 is 5.66. The van der Waals surface area contributed by atoms with Gasteiger partial charge >= 0.3 is 5.97 Å². The van der Waals surface area contributed by atoms with E-state index in [1.165, 1.54) is 17.3 Å². The van der Waals surface area contributed by atoms with Crippen molar-refractivity contribution >= 4 is 17.7 Å². The molecule has 0 amide bonds. The Morgan fingerprint density at radius 3 is 2.65 bits per heavy atom. The van der Waals surface area contributed by atoms with E-state index in [0.29, 0.717) is 11.6 Å². The molecule has 0 fully saturated rings. The maximum absolute atomic E-state index is 10.5. The fourth-order valence-electron chi connectivity index (χ4n) is 1.80. The molecule has 106 valence electrons. The van der Waals surface area contributed by atoms with Crippen LogP contribution in [0.5, 0.6) is 0 Å². The minimum absolute atomic E-state index is 0.0762. The van der Waals surface area contributed by atoms with Crippen LogP contribution >= 0.6 is 11.8 Å². The van der Waals surface area contributed by atoms with Crippen molar-refractivity contribution in [3.05, 3.63) is 41.3 Å². The lowest BCUT2D eigenvalue weighted by Crippen LogP contribution is -1.98. The van der Waals surface area contributed by atoms with Crippen molar-refractivity contribution < 1.29 is 14.3 Å². The summed E-state index contributed by atoms with van der Waals surface area (Å²) in [6, 6.07) is 8.12. The van der Waals surface area contributed by atoms with Gasteiger partial charge in [0.1, 0.15) is 5.76 Å². The predicted molar refractivity (Wildman–Crippen MR) is 79.9 cm³/mol. The Kier molecular flexibility index (Phi) is 4.84. The highest BCUT2D eigenvalue weighted by Gasteiger charge is 2.12. The summed E-state index contributed by atoms with van der Waals surface area (Å²) in [5.74, 6) is 1.15. The maximum atomic E-state index is 10.5. The van der Waals surface area contributed by atoms with Gasteiger partial charge in [-0.15, -0.1) is 11.8 Å². The second-order valence-electron chi connectivity index (χ2n) is 4.46. The van der Waals surface area contributed by atoms with Crippen molar-refractivity contribution in [1.29, 1.82) is 0 Å². The molecule has 0 aliphatic heterocycles. The zero-order chi connectivity index (χ0) is 14.5. The van der Waals surface area contributed by atoms with E-state index < -0.39 is 5.97 Å². The first-order chi connectivity index (χ1) is 9.60. The van der Waals surface area contributed by atoms with Crippen molar-refractivity contribution in [3.63, 3.8) is 0 Å². The van der Waals surface area contributed by atoms with E-state index in [1.54, 1.807) is 0 Å². The van der Waals surface area contributed by atoms with Crippen molar-refractivity contribution in [2.75, 3.05) is 5.75 Å². The maximum Gasteiger partial charge on any atom is 0.313 e. The number of rotatable bonds is 6. The predicted octanol–water partition coefficient (Wildman–Crippen LogP) is 3.53.